The third kappa shape index (κ3) is 3.85. The largest absolute Gasteiger partial charge is 0.530 e. The van der Waals surface area contributed by atoms with Crippen LogP contribution >= 0.6 is 0 Å². The fraction of sp³-hybridized carbons (Fsp3) is 0.267. The normalized spacial score (nSPS) is 10.1. The Hall–Kier alpha value is -2.83. The number of hydrogen-bond donors (Lipinski definition) is 1. The first-order valence-electron chi connectivity index (χ1n) is 6.86. The lowest BCUT2D eigenvalue weighted by Gasteiger charge is -2.13. The van der Waals surface area contributed by atoms with Gasteiger partial charge in [0.15, 0.2) is 5.82 Å². The lowest BCUT2D eigenvalue weighted by molar-refractivity contribution is -0.242. The van der Waals surface area contributed by atoms with Crippen LogP contribution in [0.1, 0.15) is 13.8 Å². The summed E-state index contributed by atoms with van der Waals surface area (Å²) in [5.41, 5.74) is 0.841. The van der Waals surface area contributed by atoms with Crippen LogP contribution in [-0.2, 0) is 0 Å². The summed E-state index contributed by atoms with van der Waals surface area (Å²) in [6.07, 6.45) is -1.40. The quantitative estimate of drug-likeness (QED) is 0.872. The second-order valence-corrected chi connectivity index (χ2v) is 4.19. The van der Waals surface area contributed by atoms with Crippen LogP contribution in [-0.4, -0.2) is 29.3 Å². The molecule has 0 aliphatic carbocycles. The van der Waals surface area contributed by atoms with Crippen LogP contribution in [0.5, 0.6) is 11.8 Å². The summed E-state index contributed by atoms with van der Waals surface area (Å²) in [6.45, 7) is 4.57. The molecule has 0 spiro atoms. The molecule has 2 rings (SSSR count). The van der Waals surface area contributed by atoms with Crippen LogP contribution in [0.15, 0.2) is 30.3 Å². The third-order valence-corrected chi connectivity index (χ3v) is 2.67. The highest BCUT2D eigenvalue weighted by Crippen LogP contribution is 2.28. The minimum absolute atomic E-state index is 0.304. The van der Waals surface area contributed by atoms with Crippen molar-refractivity contribution in [1.82, 2.24) is 9.97 Å². The highest BCUT2D eigenvalue weighted by atomic mass is 16.5. The predicted molar refractivity (Wildman–Crippen MR) is 78.8 cm³/mol. The van der Waals surface area contributed by atoms with Crippen LogP contribution in [0.25, 0.3) is 11.4 Å². The van der Waals surface area contributed by atoms with Gasteiger partial charge in [-0.2, -0.15) is 9.97 Å². The number of hydrogen-bond acceptors (Lipinski definition) is 6. The maximum Gasteiger partial charge on any atom is 0.220 e. The number of rotatable bonds is 6. The highest BCUT2D eigenvalue weighted by molar-refractivity contribution is 5.88. The Bertz CT molecular complexity index is 637. The second kappa shape index (κ2) is 7.26. The van der Waals surface area contributed by atoms with E-state index in [4.69, 9.17) is 9.47 Å². The Kier molecular flexibility index (Phi) is 5.13. The molecule has 0 aliphatic rings. The molecule has 1 aromatic heterocycles. The van der Waals surface area contributed by atoms with Crippen molar-refractivity contribution in [3.63, 3.8) is 0 Å². The minimum Gasteiger partial charge on any atom is -0.530 e. The van der Waals surface area contributed by atoms with Gasteiger partial charge in [-0.1, -0.05) is 12.1 Å². The lowest BCUT2D eigenvalue weighted by atomic mass is 10.1. The average Bonchev–Trinajstić information content (AvgIpc) is 2.47. The van der Waals surface area contributed by atoms with Gasteiger partial charge >= 0.3 is 0 Å². The summed E-state index contributed by atoms with van der Waals surface area (Å²) in [4.78, 5) is 19.3. The molecule has 0 radical (unpaired) electrons. The average molecular weight is 302 g/mol. The molecule has 116 valence electrons. The Morgan fingerprint density at radius 2 is 1.73 bits per heavy atom. The first-order chi connectivity index (χ1) is 10.6. The van der Waals surface area contributed by atoms with Crippen molar-refractivity contribution in [3.8, 4) is 23.1 Å². The molecule has 0 unspecified atom stereocenters. The zero-order chi connectivity index (χ0) is 15.9. The topological polar surface area (TPSA) is 96.4 Å². The fourth-order valence-electron chi connectivity index (χ4n) is 1.87. The first kappa shape index (κ1) is 15.6. The molecule has 1 aromatic carbocycles. The Morgan fingerprint density at radius 1 is 1.14 bits per heavy atom. The summed E-state index contributed by atoms with van der Waals surface area (Å²) < 4.78 is 10.8. The Labute approximate surface area is 127 Å². The molecule has 0 fully saturated rings. The Morgan fingerprint density at radius 3 is 2.27 bits per heavy atom. The molecule has 0 aliphatic heterocycles. The van der Waals surface area contributed by atoms with E-state index in [2.05, 4.69) is 15.3 Å². The summed E-state index contributed by atoms with van der Waals surface area (Å²) in [6, 6.07) is 8.34. The van der Waals surface area contributed by atoms with E-state index in [0.29, 0.717) is 42.0 Å². The molecule has 22 heavy (non-hydrogen) atoms. The lowest BCUT2D eigenvalue weighted by Crippen LogP contribution is -2.29. The molecular formula is C15H16N3O4-. The van der Waals surface area contributed by atoms with E-state index < -0.39 is 6.09 Å². The molecule has 0 saturated heterocycles. The molecule has 0 saturated carbocycles. The van der Waals surface area contributed by atoms with Gasteiger partial charge in [-0.3, -0.25) is 0 Å². The standard InChI is InChI=1S/C15H17N3O4/c1-3-21-12-9-13(22-4-2)18-14(17-12)10-7-5-6-8-11(10)16-15(19)20/h5-9,16H,3-4H2,1-2H3,(H,19,20)/p-1. The number of nitrogens with zero attached hydrogens (tertiary/aromatic N) is 2. The number of para-hydroxylation sites is 1. The third-order valence-electron chi connectivity index (χ3n) is 2.67. The minimum atomic E-state index is -1.40. The number of anilines is 1. The van der Waals surface area contributed by atoms with Gasteiger partial charge in [-0.25, -0.2) is 0 Å². The van der Waals surface area contributed by atoms with Gasteiger partial charge in [-0.15, -0.1) is 0 Å². The van der Waals surface area contributed by atoms with Crippen molar-refractivity contribution in [2.24, 2.45) is 0 Å². The molecule has 0 bridgehead atoms. The van der Waals surface area contributed by atoms with E-state index in [1.165, 1.54) is 0 Å². The molecule has 2 aromatic rings. The summed E-state index contributed by atoms with van der Waals surface area (Å²) in [7, 11) is 0. The van der Waals surface area contributed by atoms with Crippen molar-refractivity contribution in [1.29, 1.82) is 0 Å². The van der Waals surface area contributed by atoms with Crippen molar-refractivity contribution >= 4 is 11.8 Å². The zero-order valence-electron chi connectivity index (χ0n) is 12.3. The fourth-order valence-corrected chi connectivity index (χ4v) is 1.87. The molecule has 7 nitrogen and oxygen atoms in total. The van der Waals surface area contributed by atoms with Crippen molar-refractivity contribution in [2.75, 3.05) is 18.5 Å². The number of nitrogens with one attached hydrogen (secondary N) is 1. The monoisotopic (exact) mass is 302 g/mol. The molecule has 7 heteroatoms. The first-order valence-corrected chi connectivity index (χ1v) is 6.86. The Balaban J connectivity index is 2.48. The zero-order valence-corrected chi connectivity index (χ0v) is 12.3. The van der Waals surface area contributed by atoms with Gasteiger partial charge < -0.3 is 24.7 Å². The van der Waals surface area contributed by atoms with Crippen LogP contribution in [0.3, 0.4) is 0 Å². The maximum atomic E-state index is 10.8. The highest BCUT2D eigenvalue weighted by Gasteiger charge is 2.12. The van der Waals surface area contributed by atoms with Gasteiger partial charge in [0.1, 0.15) is 6.09 Å². The summed E-state index contributed by atoms with van der Waals surface area (Å²) in [5.74, 6) is 1.03. The number of aromatic nitrogens is 2. The van der Waals surface area contributed by atoms with Gasteiger partial charge in [0.05, 0.1) is 25.0 Å². The smallest absolute Gasteiger partial charge is 0.220 e. The molecule has 1 heterocycles. The number of carbonyl (C=O) groups is 1. The van der Waals surface area contributed by atoms with Gasteiger partial charge in [0.25, 0.3) is 0 Å². The van der Waals surface area contributed by atoms with Crippen LogP contribution in [0.2, 0.25) is 0 Å². The van der Waals surface area contributed by atoms with Crippen LogP contribution in [0.4, 0.5) is 10.5 Å². The molecule has 0 atom stereocenters. The van der Waals surface area contributed by atoms with Crippen LogP contribution in [0, 0.1) is 0 Å². The SMILES string of the molecule is CCOc1cc(OCC)nc(-c2ccccc2NC(=O)[O-])n1. The van der Waals surface area contributed by atoms with Crippen molar-refractivity contribution < 1.29 is 19.4 Å². The number of amides is 1. The van der Waals surface area contributed by atoms with Gasteiger partial charge in [0, 0.05) is 5.56 Å². The summed E-state index contributed by atoms with van der Waals surface area (Å²) >= 11 is 0. The van der Waals surface area contributed by atoms with E-state index in [-0.39, 0.29) is 0 Å². The van der Waals surface area contributed by atoms with Gasteiger partial charge in [-0.05, 0) is 26.0 Å². The van der Waals surface area contributed by atoms with Crippen molar-refractivity contribution in [2.45, 2.75) is 13.8 Å². The van der Waals surface area contributed by atoms with Crippen LogP contribution < -0.4 is 19.9 Å². The van der Waals surface area contributed by atoms with E-state index >= 15 is 0 Å². The summed E-state index contributed by atoms with van der Waals surface area (Å²) in [5, 5.41) is 13.0. The van der Waals surface area contributed by atoms with E-state index in [9.17, 15) is 9.90 Å². The maximum absolute atomic E-state index is 10.8. The van der Waals surface area contributed by atoms with E-state index in [0.717, 1.165) is 0 Å². The number of benzene rings is 1. The van der Waals surface area contributed by atoms with E-state index in [1.807, 2.05) is 13.8 Å². The second-order valence-electron chi connectivity index (χ2n) is 4.19. The predicted octanol–water partition coefficient (Wildman–Crippen LogP) is 1.70. The number of carboxylic acid groups (broad SMARTS) is 1. The molecular weight excluding hydrogens is 286 g/mol. The number of carbonyl (C=O) groups excluding carboxylic acids is 1. The molecule has 1 amide bonds. The molecule has 1 N–H and O–H groups in total. The van der Waals surface area contributed by atoms with Gasteiger partial charge in [0.2, 0.25) is 11.8 Å². The van der Waals surface area contributed by atoms with Crippen molar-refractivity contribution in [3.05, 3.63) is 30.3 Å². The number of ether oxygens (including phenoxy) is 2. The van der Waals surface area contributed by atoms with E-state index in [1.54, 1.807) is 30.3 Å².